The van der Waals surface area contributed by atoms with Gasteiger partial charge in [-0.05, 0) is 18.2 Å². The van der Waals surface area contributed by atoms with E-state index in [1.807, 2.05) is 0 Å². The van der Waals surface area contributed by atoms with Crippen molar-refractivity contribution in [3.05, 3.63) is 29.8 Å². The van der Waals surface area contributed by atoms with E-state index in [2.05, 4.69) is 0 Å². The van der Waals surface area contributed by atoms with Gasteiger partial charge in [0.1, 0.15) is 5.75 Å². The molecule has 0 bridgehead atoms. The standard InChI is InChI=1S/C11H12O4/c1-7(2)11(14)15-9-5-3-4-8(6-9)10(12)13/h3-7H,1-2H3,(H,12,13). The van der Waals surface area contributed by atoms with Crippen LogP contribution in [-0.4, -0.2) is 17.0 Å². The molecule has 1 N–H and O–H groups in total. The van der Waals surface area contributed by atoms with E-state index in [0.29, 0.717) is 0 Å². The van der Waals surface area contributed by atoms with E-state index in [0.717, 1.165) is 0 Å². The summed E-state index contributed by atoms with van der Waals surface area (Å²) in [6.45, 7) is 3.42. The van der Waals surface area contributed by atoms with Crippen LogP contribution in [0.5, 0.6) is 5.75 Å². The van der Waals surface area contributed by atoms with Crippen molar-refractivity contribution in [3.63, 3.8) is 0 Å². The first kappa shape index (κ1) is 11.2. The molecule has 80 valence electrons. The molecule has 1 aromatic rings. The van der Waals surface area contributed by atoms with Crippen LogP contribution in [0.4, 0.5) is 0 Å². The van der Waals surface area contributed by atoms with Crippen LogP contribution in [-0.2, 0) is 4.79 Å². The van der Waals surface area contributed by atoms with Crippen LogP contribution in [0, 0.1) is 5.92 Å². The molecule has 0 atom stereocenters. The molecular formula is C11H12O4. The first-order chi connectivity index (χ1) is 7.00. The summed E-state index contributed by atoms with van der Waals surface area (Å²) in [6.07, 6.45) is 0. The molecule has 0 aliphatic heterocycles. The first-order valence-corrected chi connectivity index (χ1v) is 4.55. The molecule has 0 aromatic heterocycles. The van der Waals surface area contributed by atoms with E-state index >= 15 is 0 Å². The maximum Gasteiger partial charge on any atom is 0.335 e. The topological polar surface area (TPSA) is 63.6 Å². The maximum absolute atomic E-state index is 11.2. The third-order valence-corrected chi connectivity index (χ3v) is 1.77. The summed E-state index contributed by atoms with van der Waals surface area (Å²) in [5, 5.41) is 8.71. The molecule has 0 aliphatic rings. The van der Waals surface area contributed by atoms with Crippen molar-refractivity contribution in [3.8, 4) is 5.75 Å². The number of ether oxygens (including phenoxy) is 1. The molecular weight excluding hydrogens is 196 g/mol. The Morgan fingerprint density at radius 1 is 1.33 bits per heavy atom. The number of hydrogen-bond acceptors (Lipinski definition) is 3. The van der Waals surface area contributed by atoms with Crippen LogP contribution in [0.15, 0.2) is 24.3 Å². The van der Waals surface area contributed by atoms with Gasteiger partial charge in [0.2, 0.25) is 0 Å². The molecule has 0 aliphatic carbocycles. The van der Waals surface area contributed by atoms with Crippen LogP contribution in [0.25, 0.3) is 0 Å². The minimum Gasteiger partial charge on any atom is -0.478 e. The monoisotopic (exact) mass is 208 g/mol. The molecule has 15 heavy (non-hydrogen) atoms. The van der Waals surface area contributed by atoms with Crippen molar-refractivity contribution in [2.75, 3.05) is 0 Å². The summed E-state index contributed by atoms with van der Waals surface area (Å²) in [5.41, 5.74) is 0.101. The predicted molar refractivity (Wildman–Crippen MR) is 53.9 cm³/mol. The number of carbonyl (C=O) groups excluding carboxylic acids is 1. The van der Waals surface area contributed by atoms with Gasteiger partial charge in [0.25, 0.3) is 0 Å². The van der Waals surface area contributed by atoms with Gasteiger partial charge in [-0.2, -0.15) is 0 Å². The Bertz CT molecular complexity index is 382. The summed E-state index contributed by atoms with van der Waals surface area (Å²) in [5.74, 6) is -1.40. The normalized spacial score (nSPS) is 10.1. The number of benzene rings is 1. The number of hydrogen-bond donors (Lipinski definition) is 1. The third kappa shape index (κ3) is 3.09. The smallest absolute Gasteiger partial charge is 0.335 e. The lowest BCUT2D eigenvalue weighted by atomic mass is 10.2. The number of carboxylic acid groups (broad SMARTS) is 1. The van der Waals surface area contributed by atoms with E-state index in [-0.39, 0.29) is 23.2 Å². The summed E-state index contributed by atoms with van der Waals surface area (Å²) in [6, 6.07) is 5.84. The number of rotatable bonds is 3. The number of aromatic carboxylic acids is 1. The molecule has 4 nitrogen and oxygen atoms in total. The van der Waals surface area contributed by atoms with E-state index < -0.39 is 5.97 Å². The summed E-state index contributed by atoms with van der Waals surface area (Å²) in [4.78, 5) is 21.9. The molecule has 0 saturated heterocycles. The van der Waals surface area contributed by atoms with Gasteiger partial charge in [-0.15, -0.1) is 0 Å². The van der Waals surface area contributed by atoms with Crippen molar-refractivity contribution in [2.45, 2.75) is 13.8 Å². The van der Waals surface area contributed by atoms with Crippen LogP contribution in [0.1, 0.15) is 24.2 Å². The van der Waals surface area contributed by atoms with Gasteiger partial charge in [-0.3, -0.25) is 4.79 Å². The second kappa shape index (κ2) is 4.59. The minimum absolute atomic E-state index is 0.101. The van der Waals surface area contributed by atoms with Crippen molar-refractivity contribution in [2.24, 2.45) is 5.92 Å². The van der Waals surface area contributed by atoms with Crippen molar-refractivity contribution >= 4 is 11.9 Å². The fourth-order valence-corrected chi connectivity index (χ4v) is 0.927. The highest BCUT2D eigenvalue weighted by molar-refractivity contribution is 5.88. The lowest BCUT2D eigenvalue weighted by Gasteiger charge is -2.06. The van der Waals surface area contributed by atoms with E-state index in [9.17, 15) is 9.59 Å². The molecule has 0 radical (unpaired) electrons. The fraction of sp³-hybridized carbons (Fsp3) is 0.273. The Labute approximate surface area is 87.5 Å². The highest BCUT2D eigenvalue weighted by atomic mass is 16.5. The lowest BCUT2D eigenvalue weighted by Crippen LogP contribution is -2.14. The van der Waals surface area contributed by atoms with Crippen LogP contribution in [0.3, 0.4) is 0 Å². The lowest BCUT2D eigenvalue weighted by molar-refractivity contribution is -0.137. The number of carbonyl (C=O) groups is 2. The van der Waals surface area contributed by atoms with Gasteiger partial charge < -0.3 is 9.84 Å². The average molecular weight is 208 g/mol. The molecule has 0 unspecified atom stereocenters. The number of carboxylic acids is 1. The molecule has 1 rings (SSSR count). The summed E-state index contributed by atoms with van der Waals surface area (Å²) in [7, 11) is 0. The van der Waals surface area contributed by atoms with Gasteiger partial charge in [-0.1, -0.05) is 19.9 Å². The summed E-state index contributed by atoms with van der Waals surface area (Å²) >= 11 is 0. The van der Waals surface area contributed by atoms with Crippen molar-refractivity contribution in [1.82, 2.24) is 0 Å². The Balaban J connectivity index is 2.83. The molecule has 1 aromatic carbocycles. The van der Waals surface area contributed by atoms with Gasteiger partial charge >= 0.3 is 11.9 Å². The van der Waals surface area contributed by atoms with Crippen molar-refractivity contribution < 1.29 is 19.4 Å². The highest BCUT2D eigenvalue weighted by Gasteiger charge is 2.11. The summed E-state index contributed by atoms with van der Waals surface area (Å²) < 4.78 is 4.96. The molecule has 0 heterocycles. The zero-order valence-electron chi connectivity index (χ0n) is 8.56. The fourth-order valence-electron chi connectivity index (χ4n) is 0.927. The predicted octanol–water partition coefficient (Wildman–Crippen LogP) is 1.95. The maximum atomic E-state index is 11.2. The van der Waals surface area contributed by atoms with E-state index in [4.69, 9.17) is 9.84 Å². The Morgan fingerprint density at radius 3 is 2.53 bits per heavy atom. The molecule has 0 saturated carbocycles. The van der Waals surface area contributed by atoms with Gasteiger partial charge in [0, 0.05) is 0 Å². The second-order valence-corrected chi connectivity index (χ2v) is 3.41. The van der Waals surface area contributed by atoms with Crippen LogP contribution < -0.4 is 4.74 Å². The van der Waals surface area contributed by atoms with E-state index in [1.54, 1.807) is 19.9 Å². The van der Waals surface area contributed by atoms with Crippen molar-refractivity contribution in [1.29, 1.82) is 0 Å². The third-order valence-electron chi connectivity index (χ3n) is 1.77. The van der Waals surface area contributed by atoms with Crippen LogP contribution >= 0.6 is 0 Å². The highest BCUT2D eigenvalue weighted by Crippen LogP contribution is 2.14. The number of esters is 1. The van der Waals surface area contributed by atoms with Gasteiger partial charge in [0.15, 0.2) is 0 Å². The minimum atomic E-state index is -1.04. The molecule has 4 heteroatoms. The van der Waals surface area contributed by atoms with E-state index in [1.165, 1.54) is 18.2 Å². The molecule has 0 spiro atoms. The largest absolute Gasteiger partial charge is 0.478 e. The Hall–Kier alpha value is -1.84. The zero-order chi connectivity index (χ0) is 11.4. The SMILES string of the molecule is CC(C)C(=O)Oc1cccc(C(=O)O)c1. The molecule has 0 amide bonds. The van der Waals surface area contributed by atoms with Gasteiger partial charge in [0.05, 0.1) is 11.5 Å². The average Bonchev–Trinajstić information content (AvgIpc) is 2.18. The second-order valence-electron chi connectivity index (χ2n) is 3.41. The Morgan fingerprint density at radius 2 is 2.00 bits per heavy atom. The van der Waals surface area contributed by atoms with Gasteiger partial charge in [-0.25, -0.2) is 4.79 Å². The molecule has 0 fully saturated rings. The first-order valence-electron chi connectivity index (χ1n) is 4.55. The quantitative estimate of drug-likeness (QED) is 0.609. The Kier molecular flexibility index (Phi) is 3.44. The van der Waals surface area contributed by atoms with Crippen LogP contribution in [0.2, 0.25) is 0 Å². The zero-order valence-corrected chi connectivity index (χ0v) is 8.56.